The molecule has 0 saturated heterocycles. The molecule has 0 spiro atoms. The number of aryl methyl sites for hydroxylation is 1. The molecule has 0 aliphatic carbocycles. The van der Waals surface area contributed by atoms with Crippen LogP contribution in [0.2, 0.25) is 0 Å². The van der Waals surface area contributed by atoms with Crippen molar-refractivity contribution in [1.82, 2.24) is 0 Å². The first kappa shape index (κ1) is 14.0. The second-order valence-electron chi connectivity index (χ2n) is 4.14. The molecule has 5 heteroatoms. The molecule has 2 aromatic rings. The SMILES string of the molecule is CCc1oc(=O)c(C(=O)OC)cc1-c1ccc(F)cc1. The fourth-order valence-corrected chi connectivity index (χ4v) is 1.89. The molecular formula is C15H13FO4. The highest BCUT2D eigenvalue weighted by Gasteiger charge is 2.17. The normalized spacial score (nSPS) is 10.3. The summed E-state index contributed by atoms with van der Waals surface area (Å²) in [5.41, 5.74) is 0.327. The summed E-state index contributed by atoms with van der Waals surface area (Å²) in [7, 11) is 1.19. The van der Waals surface area contributed by atoms with Crippen LogP contribution in [0.5, 0.6) is 0 Å². The quantitative estimate of drug-likeness (QED) is 0.809. The number of hydrogen-bond acceptors (Lipinski definition) is 4. The van der Waals surface area contributed by atoms with Crippen LogP contribution in [0, 0.1) is 5.82 Å². The van der Waals surface area contributed by atoms with Crippen LogP contribution >= 0.6 is 0 Å². The van der Waals surface area contributed by atoms with Crippen molar-refractivity contribution in [2.24, 2.45) is 0 Å². The first-order valence-electron chi connectivity index (χ1n) is 6.08. The van der Waals surface area contributed by atoms with Crippen molar-refractivity contribution in [2.75, 3.05) is 7.11 Å². The Kier molecular flexibility index (Phi) is 3.98. The second-order valence-corrected chi connectivity index (χ2v) is 4.14. The number of ether oxygens (including phenoxy) is 1. The van der Waals surface area contributed by atoms with Gasteiger partial charge in [-0.2, -0.15) is 0 Å². The summed E-state index contributed by atoms with van der Waals surface area (Å²) in [5.74, 6) is -0.684. The average Bonchev–Trinajstić information content (AvgIpc) is 2.47. The maximum Gasteiger partial charge on any atom is 0.350 e. The molecule has 104 valence electrons. The summed E-state index contributed by atoms with van der Waals surface area (Å²) in [6.45, 7) is 1.82. The predicted molar refractivity (Wildman–Crippen MR) is 71.1 cm³/mol. The van der Waals surface area contributed by atoms with E-state index in [2.05, 4.69) is 4.74 Å². The Morgan fingerprint density at radius 2 is 1.95 bits per heavy atom. The molecule has 0 aliphatic rings. The molecule has 0 amide bonds. The van der Waals surface area contributed by atoms with Gasteiger partial charge in [0, 0.05) is 12.0 Å². The van der Waals surface area contributed by atoms with Gasteiger partial charge < -0.3 is 9.15 Å². The number of carbonyl (C=O) groups excluding carboxylic acids is 1. The molecule has 0 bridgehead atoms. The average molecular weight is 276 g/mol. The monoisotopic (exact) mass is 276 g/mol. The van der Waals surface area contributed by atoms with Gasteiger partial charge >= 0.3 is 11.6 Å². The van der Waals surface area contributed by atoms with Crippen molar-refractivity contribution in [2.45, 2.75) is 13.3 Å². The molecule has 0 saturated carbocycles. The largest absolute Gasteiger partial charge is 0.465 e. The van der Waals surface area contributed by atoms with Crippen LogP contribution < -0.4 is 5.63 Å². The summed E-state index contributed by atoms with van der Waals surface area (Å²) in [5, 5.41) is 0. The summed E-state index contributed by atoms with van der Waals surface area (Å²) in [6.07, 6.45) is 0.476. The molecular weight excluding hydrogens is 263 g/mol. The number of methoxy groups -OCH3 is 1. The van der Waals surface area contributed by atoms with Gasteiger partial charge in [-0.05, 0) is 23.8 Å². The molecule has 0 fully saturated rings. The number of halogens is 1. The number of benzene rings is 1. The van der Waals surface area contributed by atoms with E-state index in [9.17, 15) is 14.0 Å². The summed E-state index contributed by atoms with van der Waals surface area (Å²) in [4.78, 5) is 23.2. The lowest BCUT2D eigenvalue weighted by molar-refractivity contribution is 0.0595. The highest BCUT2D eigenvalue weighted by atomic mass is 19.1. The van der Waals surface area contributed by atoms with E-state index < -0.39 is 11.6 Å². The Morgan fingerprint density at radius 1 is 1.30 bits per heavy atom. The van der Waals surface area contributed by atoms with Gasteiger partial charge in [0.2, 0.25) is 0 Å². The van der Waals surface area contributed by atoms with Gasteiger partial charge in [0.1, 0.15) is 17.1 Å². The van der Waals surface area contributed by atoms with Crippen molar-refractivity contribution in [3.05, 3.63) is 57.9 Å². The van der Waals surface area contributed by atoms with Crippen LogP contribution in [0.1, 0.15) is 23.0 Å². The second kappa shape index (κ2) is 5.69. The van der Waals surface area contributed by atoms with Gasteiger partial charge in [0.15, 0.2) is 0 Å². The van der Waals surface area contributed by atoms with Gasteiger partial charge in [0.05, 0.1) is 7.11 Å². The molecule has 2 rings (SSSR count). The molecule has 20 heavy (non-hydrogen) atoms. The molecule has 0 unspecified atom stereocenters. The Morgan fingerprint density at radius 3 is 2.50 bits per heavy atom. The van der Waals surface area contributed by atoms with Gasteiger partial charge in [-0.1, -0.05) is 19.1 Å². The Bertz CT molecular complexity index is 686. The number of esters is 1. The van der Waals surface area contributed by atoms with Crippen molar-refractivity contribution in [3.8, 4) is 11.1 Å². The van der Waals surface area contributed by atoms with E-state index in [4.69, 9.17) is 4.42 Å². The molecule has 0 N–H and O–H groups in total. The van der Waals surface area contributed by atoms with E-state index >= 15 is 0 Å². The lowest BCUT2D eigenvalue weighted by atomic mass is 10.0. The molecule has 4 nitrogen and oxygen atoms in total. The standard InChI is InChI=1S/C15H13FO4/c1-3-13-11(9-4-6-10(16)7-5-9)8-12(14(17)19-2)15(18)20-13/h4-8H,3H2,1-2H3. The van der Waals surface area contributed by atoms with Crippen molar-refractivity contribution in [1.29, 1.82) is 0 Å². The van der Waals surface area contributed by atoms with E-state index in [-0.39, 0.29) is 11.4 Å². The molecule has 0 radical (unpaired) electrons. The lowest BCUT2D eigenvalue weighted by Crippen LogP contribution is -2.16. The molecule has 0 aliphatic heterocycles. The Labute approximate surface area is 114 Å². The van der Waals surface area contributed by atoms with E-state index in [1.807, 2.05) is 6.92 Å². The third-order valence-electron chi connectivity index (χ3n) is 2.91. The minimum absolute atomic E-state index is 0.177. The van der Waals surface area contributed by atoms with Gasteiger partial charge in [-0.25, -0.2) is 14.0 Å². The fraction of sp³-hybridized carbons (Fsp3) is 0.200. The van der Waals surface area contributed by atoms with E-state index in [1.165, 1.54) is 25.3 Å². The summed E-state index contributed by atoms with van der Waals surface area (Å²) in [6, 6.07) is 7.15. The van der Waals surface area contributed by atoms with Crippen LogP contribution in [0.3, 0.4) is 0 Å². The van der Waals surface area contributed by atoms with Gasteiger partial charge in [-0.3, -0.25) is 0 Å². The Balaban J connectivity index is 2.64. The highest BCUT2D eigenvalue weighted by Crippen LogP contribution is 2.24. The summed E-state index contributed by atoms with van der Waals surface area (Å²) >= 11 is 0. The minimum atomic E-state index is -0.759. The molecule has 1 aromatic heterocycles. The molecule has 1 aromatic carbocycles. The lowest BCUT2D eigenvalue weighted by Gasteiger charge is -2.08. The number of rotatable bonds is 3. The van der Waals surface area contributed by atoms with Crippen LogP contribution in [0.15, 0.2) is 39.5 Å². The number of hydrogen-bond donors (Lipinski definition) is 0. The van der Waals surface area contributed by atoms with Crippen LogP contribution in [-0.4, -0.2) is 13.1 Å². The minimum Gasteiger partial charge on any atom is -0.465 e. The third-order valence-corrected chi connectivity index (χ3v) is 2.91. The van der Waals surface area contributed by atoms with Crippen LogP contribution in [-0.2, 0) is 11.2 Å². The third kappa shape index (κ3) is 2.61. The number of carbonyl (C=O) groups is 1. The Hall–Kier alpha value is -2.43. The van der Waals surface area contributed by atoms with Gasteiger partial charge in [-0.15, -0.1) is 0 Å². The molecule has 0 atom stereocenters. The zero-order chi connectivity index (χ0) is 14.7. The topological polar surface area (TPSA) is 56.5 Å². The van der Waals surface area contributed by atoms with E-state index in [0.29, 0.717) is 23.3 Å². The van der Waals surface area contributed by atoms with Crippen molar-refractivity contribution in [3.63, 3.8) is 0 Å². The van der Waals surface area contributed by atoms with Gasteiger partial charge in [0.25, 0.3) is 0 Å². The van der Waals surface area contributed by atoms with Crippen LogP contribution in [0.4, 0.5) is 4.39 Å². The maximum absolute atomic E-state index is 13.0. The predicted octanol–water partition coefficient (Wildman–Crippen LogP) is 2.79. The van der Waals surface area contributed by atoms with E-state index in [1.54, 1.807) is 12.1 Å². The van der Waals surface area contributed by atoms with E-state index in [0.717, 1.165) is 0 Å². The fourth-order valence-electron chi connectivity index (χ4n) is 1.89. The van der Waals surface area contributed by atoms with Crippen LogP contribution in [0.25, 0.3) is 11.1 Å². The summed E-state index contributed by atoms with van der Waals surface area (Å²) < 4.78 is 22.7. The zero-order valence-electron chi connectivity index (χ0n) is 11.1. The van der Waals surface area contributed by atoms with Crippen molar-refractivity contribution >= 4 is 5.97 Å². The first-order chi connectivity index (χ1) is 9.56. The highest BCUT2D eigenvalue weighted by molar-refractivity contribution is 5.90. The first-order valence-corrected chi connectivity index (χ1v) is 6.08. The maximum atomic E-state index is 13.0. The zero-order valence-corrected chi connectivity index (χ0v) is 11.1. The van der Waals surface area contributed by atoms with Crippen molar-refractivity contribution < 1.29 is 18.3 Å². The smallest absolute Gasteiger partial charge is 0.350 e. The molecule has 1 heterocycles.